The number of aryl methyl sites for hydroxylation is 1. The number of rotatable bonds is 3. The van der Waals surface area contributed by atoms with Gasteiger partial charge in [-0.05, 0) is 32.0 Å². The van der Waals surface area contributed by atoms with Crippen LogP contribution in [0.1, 0.15) is 35.7 Å². The maximum Gasteiger partial charge on any atom is 0.258 e. The molecule has 2 aromatic rings. The van der Waals surface area contributed by atoms with Gasteiger partial charge in [-0.3, -0.25) is 14.9 Å². The molecule has 0 bridgehead atoms. The van der Waals surface area contributed by atoms with Crippen LogP contribution < -0.4 is 16.0 Å². The van der Waals surface area contributed by atoms with Crippen LogP contribution in [0.4, 0.5) is 10.2 Å². The van der Waals surface area contributed by atoms with Crippen molar-refractivity contribution in [1.82, 2.24) is 20.4 Å². The number of anilines is 1. The Morgan fingerprint density at radius 3 is 2.88 bits per heavy atom. The molecule has 3 N–H and O–H groups in total. The smallest absolute Gasteiger partial charge is 0.258 e. The molecule has 1 aliphatic rings. The summed E-state index contributed by atoms with van der Waals surface area (Å²) in [5.41, 5.74) is 0.803. The fourth-order valence-electron chi connectivity index (χ4n) is 2.66. The summed E-state index contributed by atoms with van der Waals surface area (Å²) in [6.07, 6.45) is -0.215. The highest BCUT2D eigenvalue weighted by Gasteiger charge is 2.27. The molecule has 1 aromatic carbocycles. The highest BCUT2D eigenvalue weighted by atomic mass is 35.5. The Bertz CT molecular complexity index is 838. The van der Waals surface area contributed by atoms with Gasteiger partial charge in [-0.1, -0.05) is 11.6 Å². The summed E-state index contributed by atoms with van der Waals surface area (Å²) in [7, 11) is 0. The fourth-order valence-corrected chi connectivity index (χ4v) is 2.91. The Labute approximate surface area is 148 Å². The van der Waals surface area contributed by atoms with E-state index in [0.29, 0.717) is 17.9 Å². The number of carbonyl (C=O) groups excluding carboxylic acids is 2. The molecule has 0 spiro atoms. The summed E-state index contributed by atoms with van der Waals surface area (Å²) in [5, 5.41) is 13.0. The molecule has 7 nitrogen and oxygen atoms in total. The number of nitrogens with zero attached hydrogens (tertiary/aromatic N) is 2. The van der Waals surface area contributed by atoms with E-state index in [1.807, 2.05) is 6.92 Å². The van der Waals surface area contributed by atoms with Crippen LogP contribution >= 0.6 is 11.6 Å². The summed E-state index contributed by atoms with van der Waals surface area (Å²) in [4.78, 5) is 24.2. The van der Waals surface area contributed by atoms with Crippen LogP contribution in [0.15, 0.2) is 24.3 Å². The molecule has 2 unspecified atom stereocenters. The van der Waals surface area contributed by atoms with Crippen molar-refractivity contribution in [3.63, 3.8) is 0 Å². The molecule has 0 aliphatic carbocycles. The molecule has 132 valence electrons. The highest BCUT2D eigenvalue weighted by Crippen LogP contribution is 2.21. The largest absolute Gasteiger partial charge is 0.322 e. The number of benzene rings is 1. The highest BCUT2D eigenvalue weighted by molar-refractivity contribution is 6.34. The lowest BCUT2D eigenvalue weighted by Gasteiger charge is -2.30. The lowest BCUT2D eigenvalue weighted by Crippen LogP contribution is -2.52. The van der Waals surface area contributed by atoms with Crippen molar-refractivity contribution in [3.05, 3.63) is 46.4 Å². The van der Waals surface area contributed by atoms with Crippen LogP contribution in [0.25, 0.3) is 0 Å². The van der Waals surface area contributed by atoms with Gasteiger partial charge >= 0.3 is 0 Å². The predicted molar refractivity (Wildman–Crippen MR) is 90.7 cm³/mol. The molecular formula is C16H17ClFN5O2. The Morgan fingerprint density at radius 2 is 2.20 bits per heavy atom. The van der Waals surface area contributed by atoms with Crippen LogP contribution in [0.3, 0.4) is 0 Å². The number of hydrogen-bond acceptors (Lipinski definition) is 4. The zero-order valence-electron chi connectivity index (χ0n) is 13.6. The first-order chi connectivity index (χ1) is 11.8. The minimum atomic E-state index is -0.580. The first-order valence-corrected chi connectivity index (χ1v) is 8.09. The molecule has 25 heavy (non-hydrogen) atoms. The summed E-state index contributed by atoms with van der Waals surface area (Å²) in [6.45, 7) is 3.66. The molecule has 1 saturated heterocycles. The third kappa shape index (κ3) is 3.80. The topological polar surface area (TPSA) is 88.0 Å². The number of halogens is 2. The number of carbonyl (C=O) groups is 2. The molecule has 1 aliphatic heterocycles. The van der Waals surface area contributed by atoms with E-state index in [-0.39, 0.29) is 22.5 Å². The van der Waals surface area contributed by atoms with Gasteiger partial charge < -0.3 is 10.6 Å². The van der Waals surface area contributed by atoms with Crippen LogP contribution in [-0.2, 0) is 4.79 Å². The second-order valence-corrected chi connectivity index (χ2v) is 6.34. The summed E-state index contributed by atoms with van der Waals surface area (Å²) in [6, 6.07) is 5.18. The first-order valence-electron chi connectivity index (χ1n) is 7.71. The number of amides is 2. The van der Waals surface area contributed by atoms with E-state index in [1.165, 1.54) is 10.7 Å². The van der Waals surface area contributed by atoms with Gasteiger partial charge in [0, 0.05) is 18.5 Å². The van der Waals surface area contributed by atoms with Gasteiger partial charge in [0.15, 0.2) is 6.29 Å². The van der Waals surface area contributed by atoms with Crippen LogP contribution in [0.2, 0.25) is 5.02 Å². The summed E-state index contributed by atoms with van der Waals surface area (Å²) in [5.74, 6) is -0.745. The molecule has 1 aromatic heterocycles. The van der Waals surface area contributed by atoms with Crippen LogP contribution in [-0.4, -0.2) is 27.6 Å². The Morgan fingerprint density at radius 1 is 1.44 bits per heavy atom. The molecule has 9 heteroatoms. The van der Waals surface area contributed by atoms with Gasteiger partial charge in [0.2, 0.25) is 5.91 Å². The van der Waals surface area contributed by atoms with Crippen molar-refractivity contribution in [2.24, 2.45) is 0 Å². The second kappa shape index (κ2) is 6.81. The van der Waals surface area contributed by atoms with Crippen molar-refractivity contribution in [3.8, 4) is 0 Å². The molecule has 2 atom stereocenters. The molecule has 2 heterocycles. The van der Waals surface area contributed by atoms with E-state index in [9.17, 15) is 14.0 Å². The average Bonchev–Trinajstić information content (AvgIpc) is 2.86. The summed E-state index contributed by atoms with van der Waals surface area (Å²) >= 11 is 5.93. The second-order valence-electron chi connectivity index (χ2n) is 5.94. The van der Waals surface area contributed by atoms with E-state index in [4.69, 9.17) is 11.6 Å². The van der Waals surface area contributed by atoms with Gasteiger partial charge in [-0.15, -0.1) is 0 Å². The maximum absolute atomic E-state index is 13.1. The number of hydrogen-bond donors (Lipinski definition) is 3. The van der Waals surface area contributed by atoms with E-state index < -0.39 is 18.0 Å². The van der Waals surface area contributed by atoms with Crippen LogP contribution in [0, 0.1) is 12.7 Å². The third-order valence-corrected chi connectivity index (χ3v) is 4.06. The van der Waals surface area contributed by atoms with E-state index >= 15 is 0 Å². The zero-order valence-corrected chi connectivity index (χ0v) is 14.4. The van der Waals surface area contributed by atoms with Crippen LogP contribution in [0.5, 0.6) is 0 Å². The van der Waals surface area contributed by atoms with Gasteiger partial charge in [-0.2, -0.15) is 5.10 Å². The predicted octanol–water partition coefficient (Wildman–Crippen LogP) is 2.19. The van der Waals surface area contributed by atoms with E-state index in [2.05, 4.69) is 21.0 Å². The zero-order chi connectivity index (χ0) is 18.1. The average molecular weight is 366 g/mol. The normalized spacial score (nSPS) is 20.2. The Hall–Kier alpha value is -2.45. The number of aromatic nitrogens is 2. The summed E-state index contributed by atoms with van der Waals surface area (Å²) < 4.78 is 14.6. The molecule has 0 saturated carbocycles. The fraction of sp³-hybridized carbons (Fsp3) is 0.312. The SMILES string of the molecule is Cc1cc(NC(=O)c2ccc(F)cc2Cl)n(C2NC(=O)CC(C)N2)n1. The van der Waals surface area contributed by atoms with Crippen molar-refractivity contribution >= 4 is 29.2 Å². The van der Waals surface area contributed by atoms with E-state index in [1.54, 1.807) is 13.0 Å². The van der Waals surface area contributed by atoms with Crippen molar-refractivity contribution < 1.29 is 14.0 Å². The first kappa shape index (κ1) is 17.4. The van der Waals surface area contributed by atoms with Gasteiger partial charge in [-0.25, -0.2) is 9.07 Å². The minimum absolute atomic E-state index is 0.0120. The lowest BCUT2D eigenvalue weighted by atomic mass is 10.2. The van der Waals surface area contributed by atoms with Crippen molar-refractivity contribution in [2.45, 2.75) is 32.6 Å². The van der Waals surface area contributed by atoms with Crippen molar-refractivity contribution in [2.75, 3.05) is 5.32 Å². The van der Waals surface area contributed by atoms with Gasteiger partial charge in [0.1, 0.15) is 11.6 Å². The Balaban J connectivity index is 1.85. The van der Waals surface area contributed by atoms with E-state index in [0.717, 1.165) is 12.1 Å². The monoisotopic (exact) mass is 365 g/mol. The third-order valence-electron chi connectivity index (χ3n) is 3.75. The standard InChI is InChI=1S/C16H17ClFN5O2/c1-8-6-14(24)21-16(19-8)23-13(5-9(2)22-23)20-15(25)11-4-3-10(18)7-12(11)17/h3-5,7-8,16,19H,6H2,1-2H3,(H,20,25)(H,21,24). The van der Waals surface area contributed by atoms with Crippen molar-refractivity contribution in [1.29, 1.82) is 0 Å². The Kier molecular flexibility index (Phi) is 4.73. The maximum atomic E-state index is 13.1. The minimum Gasteiger partial charge on any atom is -0.322 e. The quantitative estimate of drug-likeness (QED) is 0.778. The lowest BCUT2D eigenvalue weighted by molar-refractivity contribution is -0.125. The van der Waals surface area contributed by atoms with Gasteiger partial charge in [0.05, 0.1) is 16.3 Å². The molecular weight excluding hydrogens is 349 g/mol. The molecule has 3 rings (SSSR count). The molecule has 0 radical (unpaired) electrons. The molecule has 1 fully saturated rings. The van der Waals surface area contributed by atoms with Gasteiger partial charge in [0.25, 0.3) is 5.91 Å². The molecule has 2 amide bonds. The number of nitrogens with one attached hydrogen (secondary N) is 3.